The molecule has 2 aromatic heterocycles. The second-order valence-corrected chi connectivity index (χ2v) is 6.45. The van der Waals surface area contributed by atoms with Gasteiger partial charge in [0.25, 0.3) is 7.82 Å². The fourth-order valence-electron chi connectivity index (χ4n) is 2.75. The summed E-state index contributed by atoms with van der Waals surface area (Å²) in [5, 5.41) is 11.0. The Morgan fingerprint density at radius 1 is 1.48 bits per heavy atom. The number of aliphatic hydroxyl groups is 1. The first kappa shape index (κ1) is 17.3. The number of nitrogen functional groups attached to an aromatic ring is 1. The van der Waals surface area contributed by atoms with Crippen LogP contribution in [0.3, 0.4) is 0 Å². The van der Waals surface area contributed by atoms with E-state index in [0.717, 1.165) is 0 Å². The minimum atomic E-state index is -4.40. The van der Waals surface area contributed by atoms with Gasteiger partial charge in [0.15, 0.2) is 6.23 Å². The van der Waals surface area contributed by atoms with Crippen LogP contribution < -0.4 is 40.2 Å². The van der Waals surface area contributed by atoms with Crippen molar-refractivity contribution in [1.29, 1.82) is 0 Å². The molecule has 1 unspecified atom stereocenters. The second kappa shape index (κ2) is 6.07. The number of hydrogen-bond acceptors (Lipinski definition) is 9. The molecule has 2 aromatic rings. The molecule has 2 aliphatic heterocycles. The minimum absolute atomic E-state index is 0. The number of rotatable bonds is 1. The zero-order chi connectivity index (χ0) is 15.5. The van der Waals surface area contributed by atoms with E-state index in [2.05, 4.69) is 14.5 Å². The smallest absolute Gasteiger partial charge is 0.756 e. The van der Waals surface area contributed by atoms with Crippen molar-refractivity contribution in [2.75, 3.05) is 12.3 Å². The molecular weight excluding hydrogens is 338 g/mol. The Kier molecular flexibility index (Phi) is 4.56. The molecule has 0 aliphatic carbocycles. The number of aromatic nitrogens is 3. The number of aliphatic hydroxyl groups excluding tert-OH is 1. The van der Waals surface area contributed by atoms with Crippen molar-refractivity contribution in [1.82, 2.24) is 14.5 Å². The Balaban J connectivity index is 0.00000156. The van der Waals surface area contributed by atoms with Crippen LogP contribution in [-0.2, 0) is 18.3 Å². The Morgan fingerprint density at radius 2 is 2.26 bits per heavy atom. The van der Waals surface area contributed by atoms with Crippen LogP contribution in [0, 0.1) is 0 Å². The van der Waals surface area contributed by atoms with Crippen molar-refractivity contribution in [3.05, 3.63) is 18.6 Å². The summed E-state index contributed by atoms with van der Waals surface area (Å²) in [6.07, 6.45) is -0.815. The first-order chi connectivity index (χ1) is 10.5. The fourth-order valence-corrected chi connectivity index (χ4v) is 3.70. The van der Waals surface area contributed by atoms with Crippen LogP contribution >= 0.6 is 7.82 Å². The average molecular weight is 350 g/mol. The van der Waals surface area contributed by atoms with Gasteiger partial charge in [-0.3, -0.25) is 4.57 Å². The number of hydrogen-bond donors (Lipinski definition) is 2. The van der Waals surface area contributed by atoms with Gasteiger partial charge in [-0.25, -0.2) is 9.97 Å². The molecule has 0 aromatic carbocycles. The van der Waals surface area contributed by atoms with E-state index >= 15 is 0 Å². The van der Waals surface area contributed by atoms with Crippen molar-refractivity contribution >= 4 is 24.7 Å². The third-order valence-electron chi connectivity index (χ3n) is 3.77. The van der Waals surface area contributed by atoms with Gasteiger partial charge in [-0.2, -0.15) is 0 Å². The molecule has 0 amide bonds. The van der Waals surface area contributed by atoms with Crippen LogP contribution in [0.5, 0.6) is 0 Å². The van der Waals surface area contributed by atoms with Crippen LogP contribution in [0.2, 0.25) is 0 Å². The van der Waals surface area contributed by atoms with Gasteiger partial charge in [0, 0.05) is 6.20 Å². The molecule has 23 heavy (non-hydrogen) atoms. The topological polar surface area (TPSA) is 145 Å². The van der Waals surface area contributed by atoms with E-state index in [1.807, 2.05) is 0 Å². The Labute approximate surface area is 152 Å². The van der Waals surface area contributed by atoms with Crippen LogP contribution in [0.4, 0.5) is 5.82 Å². The molecule has 0 bridgehead atoms. The number of nitrogens with two attached hydrogens (primary N) is 1. The number of nitrogens with zero attached hydrogens (tertiary/aromatic N) is 3. The van der Waals surface area contributed by atoms with Crippen LogP contribution in [-0.4, -0.2) is 44.6 Å². The van der Waals surface area contributed by atoms with E-state index in [-0.39, 0.29) is 36.2 Å². The van der Waals surface area contributed by atoms with E-state index < -0.39 is 32.4 Å². The van der Waals surface area contributed by atoms with Crippen molar-refractivity contribution in [3.63, 3.8) is 0 Å². The summed E-state index contributed by atoms with van der Waals surface area (Å²) in [5.74, 6) is 0.303. The first-order valence-corrected chi connectivity index (χ1v) is 7.97. The van der Waals surface area contributed by atoms with Gasteiger partial charge < -0.3 is 34.1 Å². The summed E-state index contributed by atoms with van der Waals surface area (Å²) in [6, 6.07) is 1.69. The maximum absolute atomic E-state index is 11.4. The number of anilines is 1. The van der Waals surface area contributed by atoms with Crippen LogP contribution in [0.15, 0.2) is 18.6 Å². The van der Waals surface area contributed by atoms with E-state index in [0.29, 0.717) is 16.9 Å². The Morgan fingerprint density at radius 3 is 3.04 bits per heavy atom. The molecule has 5 atom stereocenters. The van der Waals surface area contributed by atoms with Crippen molar-refractivity contribution in [2.45, 2.75) is 24.5 Å². The van der Waals surface area contributed by atoms with E-state index in [4.69, 9.17) is 15.0 Å². The van der Waals surface area contributed by atoms with Crippen molar-refractivity contribution < 1.29 is 57.9 Å². The predicted octanol–water partition coefficient (Wildman–Crippen LogP) is -3.84. The van der Waals surface area contributed by atoms with Crippen LogP contribution in [0.25, 0.3) is 11.0 Å². The molecule has 118 valence electrons. The predicted molar refractivity (Wildman–Crippen MR) is 70.3 cm³/mol. The fraction of sp³-hybridized carbons (Fsp3) is 0.455. The van der Waals surface area contributed by atoms with Crippen molar-refractivity contribution in [2.24, 2.45) is 0 Å². The van der Waals surface area contributed by atoms with Gasteiger partial charge in [-0.05, 0) is 6.07 Å². The second-order valence-electron chi connectivity index (χ2n) is 5.09. The largest absolute Gasteiger partial charge is 1.00 e. The zero-order valence-electron chi connectivity index (χ0n) is 12.1. The van der Waals surface area contributed by atoms with Gasteiger partial charge in [-0.1, -0.05) is 0 Å². The van der Waals surface area contributed by atoms with Gasteiger partial charge in [0.2, 0.25) is 0 Å². The normalized spacial score (nSPS) is 36.6. The number of ether oxygens (including phenoxy) is 1. The van der Waals surface area contributed by atoms with Gasteiger partial charge in [-0.15, -0.1) is 0 Å². The average Bonchev–Trinajstić information content (AvgIpc) is 3.01. The quantitative estimate of drug-likeness (QED) is 0.390. The molecule has 10 nitrogen and oxygen atoms in total. The minimum Gasteiger partial charge on any atom is -0.756 e. The summed E-state index contributed by atoms with van der Waals surface area (Å²) < 4.78 is 28.0. The maximum atomic E-state index is 11.4. The van der Waals surface area contributed by atoms with E-state index in [9.17, 15) is 14.6 Å². The standard InChI is InChI=1S/C11H13N4O6P.Na/c12-9-5-1-2-15(10(5)14-4-13-9)11-7(16)8-6(20-11)3-19-22(17,18)21-8;/h1-2,4,6-8,11,16H,3H2,(H,17,18)(H2,12,13,14);/q;+1/p-1/t6-,7-,8-,11-;/m1./s1. The number of phosphoric ester groups is 1. The van der Waals surface area contributed by atoms with E-state index in [1.54, 1.807) is 16.8 Å². The third kappa shape index (κ3) is 2.84. The molecule has 3 N–H and O–H groups in total. The molecule has 4 rings (SSSR count). The van der Waals surface area contributed by atoms with Gasteiger partial charge in [0.1, 0.15) is 36.1 Å². The van der Waals surface area contributed by atoms with Gasteiger partial charge >= 0.3 is 29.6 Å². The molecule has 0 saturated carbocycles. The molecule has 2 saturated heterocycles. The molecule has 0 radical (unpaired) electrons. The summed E-state index contributed by atoms with van der Waals surface area (Å²) in [5.41, 5.74) is 6.24. The molecule has 0 spiro atoms. The van der Waals surface area contributed by atoms with Crippen LogP contribution in [0.1, 0.15) is 6.23 Å². The number of fused-ring (bicyclic) bond motifs is 2. The zero-order valence-corrected chi connectivity index (χ0v) is 15.0. The molecule has 12 heteroatoms. The maximum Gasteiger partial charge on any atom is 1.00 e. The summed E-state index contributed by atoms with van der Waals surface area (Å²) in [6.45, 7) is -0.199. The SMILES string of the molecule is Nc1ncnc2c1ccn2[C@@H]1O[C@@H]2COP(=O)([O-])O[C@H]2[C@H]1O.[Na+]. The third-order valence-corrected chi connectivity index (χ3v) is 4.74. The molecule has 2 aliphatic rings. The van der Waals surface area contributed by atoms with E-state index in [1.165, 1.54) is 6.33 Å². The summed E-state index contributed by atoms with van der Waals surface area (Å²) >= 11 is 0. The monoisotopic (exact) mass is 350 g/mol. The molecule has 2 fully saturated rings. The Bertz CT molecular complexity index is 787. The summed E-state index contributed by atoms with van der Waals surface area (Å²) in [4.78, 5) is 19.4. The molecule has 4 heterocycles. The molecular formula is C11H12N4NaO6P. The summed E-state index contributed by atoms with van der Waals surface area (Å²) in [7, 11) is -4.40. The Hall–Kier alpha value is -0.550. The van der Waals surface area contributed by atoms with Crippen molar-refractivity contribution in [3.8, 4) is 0 Å². The first-order valence-electron chi connectivity index (χ1n) is 6.51. The van der Waals surface area contributed by atoms with Gasteiger partial charge in [0.05, 0.1) is 12.0 Å². The number of phosphoric acid groups is 1.